The Hall–Kier alpha value is -1.31. The van der Waals surface area contributed by atoms with E-state index in [1.165, 1.54) is 31.7 Å². The first kappa shape index (κ1) is 20.7. The quantitative estimate of drug-likeness (QED) is 0.508. The maximum Gasteiger partial charge on any atom is 0.337 e. The van der Waals surface area contributed by atoms with Crippen LogP contribution in [-0.2, 0) is 10.0 Å². The molecule has 4 N–H and O–H groups in total. The van der Waals surface area contributed by atoms with Crippen molar-refractivity contribution >= 4 is 33.3 Å². The van der Waals surface area contributed by atoms with E-state index in [2.05, 4.69) is 12.2 Å². The van der Waals surface area contributed by atoms with E-state index in [0.29, 0.717) is 12.2 Å². The molecule has 0 saturated heterocycles. The van der Waals surface area contributed by atoms with Crippen molar-refractivity contribution in [1.29, 1.82) is 0 Å². The molecule has 0 spiro atoms. The van der Waals surface area contributed by atoms with Gasteiger partial charge in [-0.3, -0.25) is 0 Å². The summed E-state index contributed by atoms with van der Waals surface area (Å²) in [6.45, 7) is 2.77. The second kappa shape index (κ2) is 9.86. The number of nitrogens with one attached hydrogen (secondary N) is 1. The molecule has 0 unspecified atom stereocenters. The van der Waals surface area contributed by atoms with Crippen LogP contribution in [0.25, 0.3) is 0 Å². The zero-order valence-corrected chi connectivity index (χ0v) is 15.4. The first-order valence-corrected chi connectivity index (χ1v) is 10.0. The number of carboxylic acids is 1. The van der Waals surface area contributed by atoms with Crippen LogP contribution in [-0.4, -0.2) is 26.0 Å². The highest BCUT2D eigenvalue weighted by Crippen LogP contribution is 2.28. The Labute approximate surface area is 148 Å². The minimum Gasteiger partial charge on any atom is -0.478 e. The Bertz CT molecular complexity index is 662. The second-order valence-corrected chi connectivity index (χ2v) is 7.66. The van der Waals surface area contributed by atoms with Gasteiger partial charge >= 0.3 is 5.97 Å². The highest BCUT2D eigenvalue weighted by atomic mass is 35.5. The molecule has 1 aromatic carbocycles. The number of primary sulfonamides is 1. The molecule has 1 aromatic rings. The lowest BCUT2D eigenvalue weighted by atomic mass is 10.1. The lowest BCUT2D eigenvalue weighted by Gasteiger charge is -2.12. The van der Waals surface area contributed by atoms with Crippen molar-refractivity contribution in [1.82, 2.24) is 0 Å². The topological polar surface area (TPSA) is 109 Å². The molecule has 136 valence electrons. The zero-order valence-electron chi connectivity index (χ0n) is 13.8. The van der Waals surface area contributed by atoms with E-state index in [1.807, 2.05) is 0 Å². The summed E-state index contributed by atoms with van der Waals surface area (Å²) in [5.41, 5.74) is 0.136. The van der Waals surface area contributed by atoms with Crippen LogP contribution in [0.2, 0.25) is 5.02 Å². The predicted octanol–water partition coefficient (Wildman–Crippen LogP) is 3.85. The first-order valence-electron chi connectivity index (χ1n) is 8.11. The van der Waals surface area contributed by atoms with Crippen molar-refractivity contribution in [2.24, 2.45) is 5.14 Å². The number of rotatable bonds is 11. The monoisotopic (exact) mass is 376 g/mol. The number of carbonyl (C=O) groups is 1. The number of halogens is 1. The number of anilines is 1. The summed E-state index contributed by atoms with van der Waals surface area (Å²) in [6.07, 6.45) is 8.05. The summed E-state index contributed by atoms with van der Waals surface area (Å²) in [6, 6.07) is 2.29. The molecule has 0 saturated carbocycles. The smallest absolute Gasteiger partial charge is 0.337 e. The van der Waals surface area contributed by atoms with Gasteiger partial charge in [0, 0.05) is 6.54 Å². The number of sulfonamides is 1. The highest BCUT2D eigenvalue weighted by molar-refractivity contribution is 7.89. The highest BCUT2D eigenvalue weighted by Gasteiger charge is 2.20. The van der Waals surface area contributed by atoms with E-state index in [9.17, 15) is 18.3 Å². The molecule has 0 fully saturated rings. The van der Waals surface area contributed by atoms with Crippen LogP contribution < -0.4 is 10.5 Å². The van der Waals surface area contributed by atoms with Crippen molar-refractivity contribution in [2.75, 3.05) is 11.9 Å². The van der Waals surface area contributed by atoms with E-state index in [0.717, 1.165) is 25.3 Å². The number of nitrogens with two attached hydrogens (primary N) is 1. The van der Waals surface area contributed by atoms with Crippen LogP contribution in [0.3, 0.4) is 0 Å². The van der Waals surface area contributed by atoms with Gasteiger partial charge in [-0.2, -0.15) is 0 Å². The van der Waals surface area contributed by atoms with Crippen molar-refractivity contribution in [3.05, 3.63) is 22.7 Å². The molecule has 0 radical (unpaired) electrons. The fraction of sp³-hybridized carbons (Fsp3) is 0.562. The molecule has 0 aliphatic heterocycles. The van der Waals surface area contributed by atoms with Gasteiger partial charge in [-0.15, -0.1) is 0 Å². The van der Waals surface area contributed by atoms with Gasteiger partial charge in [0.2, 0.25) is 10.0 Å². The third-order valence-electron chi connectivity index (χ3n) is 3.70. The lowest BCUT2D eigenvalue weighted by molar-refractivity contribution is 0.0697. The summed E-state index contributed by atoms with van der Waals surface area (Å²) >= 11 is 5.91. The fourth-order valence-electron chi connectivity index (χ4n) is 2.40. The first-order chi connectivity index (χ1) is 11.3. The van der Waals surface area contributed by atoms with Crippen LogP contribution in [0.4, 0.5) is 5.69 Å². The van der Waals surface area contributed by atoms with E-state index in [4.69, 9.17) is 16.7 Å². The average molecular weight is 377 g/mol. The summed E-state index contributed by atoms with van der Waals surface area (Å²) in [5.74, 6) is -1.24. The molecule has 8 heteroatoms. The summed E-state index contributed by atoms with van der Waals surface area (Å²) < 4.78 is 22.9. The van der Waals surface area contributed by atoms with Gasteiger partial charge in [-0.05, 0) is 18.6 Å². The van der Waals surface area contributed by atoms with E-state index in [1.54, 1.807) is 0 Å². The molecule has 0 atom stereocenters. The Kier molecular flexibility index (Phi) is 8.52. The van der Waals surface area contributed by atoms with Crippen LogP contribution in [0.15, 0.2) is 17.0 Å². The molecule has 6 nitrogen and oxygen atoms in total. The summed E-state index contributed by atoms with van der Waals surface area (Å²) in [4.78, 5) is 10.9. The van der Waals surface area contributed by atoms with Gasteiger partial charge in [0.15, 0.2) is 0 Å². The standard InChI is InChI=1S/C16H25ClN2O4S/c1-2-3-4-5-6-7-8-9-19-14-11-13(17)15(24(18,22)23)10-12(14)16(20)21/h10-11,19H,2-9H2,1H3,(H,20,21)(H2,18,22,23). The van der Waals surface area contributed by atoms with Crippen molar-refractivity contribution in [2.45, 2.75) is 56.8 Å². The van der Waals surface area contributed by atoms with Crippen molar-refractivity contribution in [3.8, 4) is 0 Å². The molecule has 0 bridgehead atoms. The zero-order chi connectivity index (χ0) is 18.2. The lowest BCUT2D eigenvalue weighted by Crippen LogP contribution is -2.15. The molecule has 0 aliphatic rings. The number of carboxylic acid groups (broad SMARTS) is 1. The Morgan fingerprint density at radius 3 is 2.29 bits per heavy atom. The molecular weight excluding hydrogens is 352 g/mol. The molecule has 0 aliphatic carbocycles. The third-order valence-corrected chi connectivity index (χ3v) is 5.08. The van der Waals surface area contributed by atoms with Crippen LogP contribution in [0, 0.1) is 0 Å². The van der Waals surface area contributed by atoms with Crippen molar-refractivity contribution in [3.63, 3.8) is 0 Å². The van der Waals surface area contributed by atoms with Gasteiger partial charge < -0.3 is 10.4 Å². The maximum atomic E-state index is 11.4. The summed E-state index contributed by atoms with van der Waals surface area (Å²) in [7, 11) is -4.07. The number of benzene rings is 1. The Morgan fingerprint density at radius 1 is 1.17 bits per heavy atom. The third kappa shape index (κ3) is 6.67. The van der Waals surface area contributed by atoms with Gasteiger partial charge in [0.25, 0.3) is 0 Å². The van der Waals surface area contributed by atoms with Gasteiger partial charge in [-0.25, -0.2) is 18.4 Å². The average Bonchev–Trinajstić information content (AvgIpc) is 2.48. The predicted molar refractivity (Wildman–Crippen MR) is 96.3 cm³/mol. The van der Waals surface area contributed by atoms with E-state index < -0.39 is 16.0 Å². The van der Waals surface area contributed by atoms with Gasteiger partial charge in [0.1, 0.15) is 4.90 Å². The van der Waals surface area contributed by atoms with E-state index in [-0.39, 0.29) is 15.5 Å². The van der Waals surface area contributed by atoms with Gasteiger partial charge in [-0.1, -0.05) is 57.0 Å². The molecule has 0 aromatic heterocycles. The molecule has 0 amide bonds. The maximum absolute atomic E-state index is 11.4. The number of hydrogen-bond acceptors (Lipinski definition) is 4. The van der Waals surface area contributed by atoms with Crippen LogP contribution in [0.1, 0.15) is 62.2 Å². The molecule has 24 heavy (non-hydrogen) atoms. The Morgan fingerprint density at radius 2 is 1.75 bits per heavy atom. The number of aromatic carboxylic acids is 1. The summed E-state index contributed by atoms with van der Waals surface area (Å²) in [5, 5.41) is 17.2. The number of unbranched alkanes of at least 4 members (excludes halogenated alkanes) is 6. The van der Waals surface area contributed by atoms with Gasteiger partial charge in [0.05, 0.1) is 16.3 Å². The van der Waals surface area contributed by atoms with Crippen molar-refractivity contribution < 1.29 is 18.3 Å². The normalized spacial score (nSPS) is 11.5. The second-order valence-electron chi connectivity index (χ2n) is 5.73. The SMILES string of the molecule is CCCCCCCCCNc1cc(Cl)c(S(N)(=O)=O)cc1C(=O)O. The Balaban J connectivity index is 2.65. The van der Waals surface area contributed by atoms with E-state index >= 15 is 0 Å². The largest absolute Gasteiger partial charge is 0.478 e. The number of hydrogen-bond donors (Lipinski definition) is 3. The van der Waals surface area contributed by atoms with Crippen LogP contribution in [0.5, 0.6) is 0 Å². The minimum absolute atomic E-state index is 0.0930. The minimum atomic E-state index is -4.07. The molecule has 1 rings (SSSR count). The van der Waals surface area contributed by atoms with Crippen LogP contribution >= 0.6 is 11.6 Å². The molecular formula is C16H25ClN2O4S. The molecule has 0 heterocycles. The fourth-order valence-corrected chi connectivity index (χ4v) is 3.50.